The van der Waals surface area contributed by atoms with E-state index in [0.717, 1.165) is 24.6 Å². The van der Waals surface area contributed by atoms with E-state index in [0.29, 0.717) is 25.0 Å². The molecular formula is C35H45F2N5O10. The van der Waals surface area contributed by atoms with E-state index in [4.69, 9.17) is 9.47 Å². The fourth-order valence-corrected chi connectivity index (χ4v) is 6.39. The summed E-state index contributed by atoms with van der Waals surface area (Å²) in [6.45, 7) is 5.75. The number of carboxylic acid groups (broad SMARTS) is 1. The molecule has 0 bridgehead atoms. The average Bonchev–Trinajstić information content (AvgIpc) is 3.62. The number of aromatic nitrogens is 3. The zero-order chi connectivity index (χ0) is 38.4. The summed E-state index contributed by atoms with van der Waals surface area (Å²) in [7, 11) is 0. The number of nitrogens with one attached hydrogen (secondary N) is 2. The fourth-order valence-electron chi connectivity index (χ4n) is 6.39. The molecule has 0 saturated carbocycles. The van der Waals surface area contributed by atoms with Gasteiger partial charge in [0.2, 0.25) is 11.8 Å². The number of aliphatic carboxylic acids is 1. The van der Waals surface area contributed by atoms with E-state index < -0.39 is 90.3 Å². The number of halogens is 2. The second-order valence-corrected chi connectivity index (χ2v) is 12.7. The summed E-state index contributed by atoms with van der Waals surface area (Å²) in [5.41, 5.74) is -0.411. The van der Waals surface area contributed by atoms with Gasteiger partial charge in [-0.2, -0.15) is 0 Å². The Morgan fingerprint density at radius 3 is 2.35 bits per heavy atom. The van der Waals surface area contributed by atoms with E-state index in [1.165, 1.54) is 16.9 Å². The first kappa shape index (κ1) is 40.2. The average molecular weight is 734 g/mol. The zero-order valence-electron chi connectivity index (χ0n) is 29.1. The number of rotatable bonds is 16. The first-order valence-electron chi connectivity index (χ1n) is 16.9. The molecule has 1 aliphatic rings. The summed E-state index contributed by atoms with van der Waals surface area (Å²) in [6.07, 6.45) is -8.79. The second kappa shape index (κ2) is 16.9. The topological polar surface area (TPSA) is 226 Å². The number of alkyl halides is 2. The SMILES string of the molecule is CCC(C(=O)NC(CC)(CC)c1cn(-c2ccc(O[C@]3(C(=O)O)C[C@H](O)[C@@H](NC(C)=O)[C@H]([C@H](O)[C@H](O)CO)O3)c(C(F)F)c2)nn1)c1ccccc1. The molecule has 2 heterocycles. The van der Waals surface area contributed by atoms with E-state index >= 15 is 0 Å². The van der Waals surface area contributed by atoms with E-state index in [1.807, 2.05) is 51.1 Å². The Balaban J connectivity index is 1.67. The molecule has 2 amide bonds. The van der Waals surface area contributed by atoms with Crippen LogP contribution < -0.4 is 15.4 Å². The highest BCUT2D eigenvalue weighted by Crippen LogP contribution is 2.39. The highest BCUT2D eigenvalue weighted by Gasteiger charge is 2.57. The molecule has 3 aromatic rings. The lowest BCUT2D eigenvalue weighted by Crippen LogP contribution is -2.68. The number of aliphatic hydroxyl groups excluding tert-OH is 4. The van der Waals surface area contributed by atoms with Crippen LogP contribution in [0.25, 0.3) is 5.69 Å². The summed E-state index contributed by atoms with van der Waals surface area (Å²) in [5, 5.41) is 65.1. The molecule has 4 rings (SSSR count). The first-order valence-corrected chi connectivity index (χ1v) is 16.9. The van der Waals surface area contributed by atoms with Crippen LogP contribution in [-0.4, -0.2) is 101 Å². The maximum absolute atomic E-state index is 14.6. The van der Waals surface area contributed by atoms with Gasteiger partial charge in [0.25, 0.3) is 6.43 Å². The van der Waals surface area contributed by atoms with Crippen molar-refractivity contribution in [1.82, 2.24) is 25.6 Å². The number of carboxylic acids is 1. The van der Waals surface area contributed by atoms with Gasteiger partial charge in [0, 0.05) is 6.92 Å². The van der Waals surface area contributed by atoms with Gasteiger partial charge < -0.3 is 45.6 Å². The normalized spacial score (nSPS) is 22.3. The molecule has 284 valence electrons. The molecule has 2 aromatic carbocycles. The lowest BCUT2D eigenvalue weighted by atomic mass is 9.87. The zero-order valence-corrected chi connectivity index (χ0v) is 29.1. The van der Waals surface area contributed by atoms with Gasteiger partial charge in [-0.05, 0) is 43.0 Å². The van der Waals surface area contributed by atoms with Crippen molar-refractivity contribution in [3.8, 4) is 11.4 Å². The predicted molar refractivity (Wildman–Crippen MR) is 179 cm³/mol. The van der Waals surface area contributed by atoms with Crippen molar-refractivity contribution in [2.75, 3.05) is 6.61 Å². The Hall–Kier alpha value is -4.55. The molecule has 7 atom stereocenters. The number of hydrogen-bond acceptors (Lipinski definition) is 11. The number of amides is 2. The summed E-state index contributed by atoms with van der Waals surface area (Å²) >= 11 is 0. The Kier molecular flexibility index (Phi) is 13.0. The summed E-state index contributed by atoms with van der Waals surface area (Å²) in [5.74, 6) is -6.75. The third kappa shape index (κ3) is 8.39. The Morgan fingerprint density at radius 1 is 1.12 bits per heavy atom. The molecule has 1 saturated heterocycles. The van der Waals surface area contributed by atoms with Crippen molar-refractivity contribution in [3.05, 3.63) is 71.5 Å². The van der Waals surface area contributed by atoms with Crippen molar-refractivity contribution in [3.63, 3.8) is 0 Å². The van der Waals surface area contributed by atoms with Crippen LogP contribution in [0.15, 0.2) is 54.7 Å². The smallest absolute Gasteiger partial charge is 0.377 e. The Labute approximate surface area is 298 Å². The van der Waals surface area contributed by atoms with Crippen molar-refractivity contribution < 1.29 is 58.2 Å². The van der Waals surface area contributed by atoms with Gasteiger partial charge in [0.05, 0.1) is 54.1 Å². The van der Waals surface area contributed by atoms with Crippen LogP contribution in [-0.2, 0) is 24.7 Å². The maximum atomic E-state index is 14.6. The van der Waals surface area contributed by atoms with E-state index in [2.05, 4.69) is 20.9 Å². The summed E-state index contributed by atoms with van der Waals surface area (Å²) in [6, 6.07) is 11.2. The van der Waals surface area contributed by atoms with Gasteiger partial charge in [-0.25, -0.2) is 18.3 Å². The first-order chi connectivity index (χ1) is 24.6. The molecule has 1 aromatic heterocycles. The number of nitrogens with zero attached hydrogens (tertiary/aromatic N) is 3. The number of aliphatic hydroxyl groups is 4. The van der Waals surface area contributed by atoms with Crippen LogP contribution in [0, 0.1) is 0 Å². The Morgan fingerprint density at radius 2 is 1.79 bits per heavy atom. The number of carbonyl (C=O) groups excluding carboxylic acids is 2. The lowest BCUT2D eigenvalue weighted by Gasteiger charge is -2.46. The van der Waals surface area contributed by atoms with Crippen LogP contribution in [0.3, 0.4) is 0 Å². The number of carbonyl (C=O) groups is 3. The summed E-state index contributed by atoms with van der Waals surface area (Å²) < 4.78 is 41.6. The van der Waals surface area contributed by atoms with Crippen LogP contribution in [0.5, 0.6) is 5.75 Å². The molecule has 7 N–H and O–H groups in total. The second-order valence-electron chi connectivity index (χ2n) is 12.7. The van der Waals surface area contributed by atoms with Crippen LogP contribution in [0.2, 0.25) is 0 Å². The van der Waals surface area contributed by atoms with Crippen LogP contribution in [0.1, 0.15) is 82.5 Å². The number of benzene rings is 2. The predicted octanol–water partition coefficient (Wildman–Crippen LogP) is 2.06. The number of ether oxygens (including phenoxy) is 2. The third-order valence-electron chi connectivity index (χ3n) is 9.43. The molecule has 17 heteroatoms. The largest absolute Gasteiger partial charge is 0.476 e. The van der Waals surface area contributed by atoms with Gasteiger partial charge in [0.15, 0.2) is 0 Å². The van der Waals surface area contributed by atoms with Crippen molar-refractivity contribution in [2.45, 2.75) is 108 Å². The fraction of sp³-hybridized carbons (Fsp3) is 0.514. The minimum absolute atomic E-state index is 0.0867. The maximum Gasteiger partial charge on any atom is 0.377 e. The minimum atomic E-state index is -3.23. The molecule has 1 aliphatic heterocycles. The Bertz CT molecular complexity index is 1690. The molecule has 0 spiro atoms. The van der Waals surface area contributed by atoms with Gasteiger partial charge >= 0.3 is 11.8 Å². The van der Waals surface area contributed by atoms with Crippen molar-refractivity contribution in [2.24, 2.45) is 0 Å². The molecule has 0 radical (unpaired) electrons. The van der Waals surface area contributed by atoms with Gasteiger partial charge in [-0.3, -0.25) is 9.59 Å². The van der Waals surface area contributed by atoms with E-state index in [1.54, 1.807) is 0 Å². The minimum Gasteiger partial charge on any atom is -0.476 e. The van der Waals surface area contributed by atoms with Gasteiger partial charge in [-0.1, -0.05) is 56.3 Å². The molecular weight excluding hydrogens is 688 g/mol. The van der Waals surface area contributed by atoms with E-state index in [9.17, 15) is 48.7 Å². The van der Waals surface area contributed by atoms with Gasteiger partial charge in [0.1, 0.15) is 29.8 Å². The quantitative estimate of drug-likeness (QED) is 0.112. The van der Waals surface area contributed by atoms with Crippen LogP contribution >= 0.6 is 0 Å². The lowest BCUT2D eigenvalue weighted by molar-refractivity contribution is -0.284. The molecule has 15 nitrogen and oxygen atoms in total. The van der Waals surface area contributed by atoms with Crippen molar-refractivity contribution in [1.29, 1.82) is 0 Å². The number of hydrogen-bond donors (Lipinski definition) is 7. The standard InChI is InChI=1S/C35H45F2N5O10/c1-5-22(20-11-9-8-10-12-20)32(48)39-34(6-2,7-3)27-17-42(41-40-27)21-13-14-26(23(15-21)31(36)37)51-35(33(49)50)16-24(45)28(38-19(4)44)30(52-35)29(47)25(46)18-43/h8-15,17,22,24-25,28-31,43,45-47H,5-7,16,18H2,1-4H3,(H,38,44)(H,39,48)(H,49,50)/t22?,24-,25+,28+,29+,30+,35+/m0/s1. The van der Waals surface area contributed by atoms with Gasteiger partial charge in [-0.15, -0.1) is 5.10 Å². The molecule has 52 heavy (non-hydrogen) atoms. The van der Waals surface area contributed by atoms with Crippen LogP contribution in [0.4, 0.5) is 8.78 Å². The third-order valence-corrected chi connectivity index (χ3v) is 9.43. The van der Waals surface area contributed by atoms with Crippen molar-refractivity contribution >= 4 is 17.8 Å². The highest BCUT2D eigenvalue weighted by atomic mass is 19.3. The summed E-state index contributed by atoms with van der Waals surface area (Å²) in [4.78, 5) is 38.0. The molecule has 1 fully saturated rings. The molecule has 1 unspecified atom stereocenters. The molecule has 0 aliphatic carbocycles. The highest BCUT2D eigenvalue weighted by molar-refractivity contribution is 5.84. The monoisotopic (exact) mass is 733 g/mol. The van der Waals surface area contributed by atoms with E-state index in [-0.39, 0.29) is 11.6 Å².